The fourth-order valence-electron chi connectivity index (χ4n) is 1.40. The smallest absolute Gasteiger partial charge is 0.310 e. The molecular weight excluding hydrogens is 404 g/mol. The van der Waals surface area contributed by atoms with Gasteiger partial charge in [0.2, 0.25) is 0 Å². The van der Waals surface area contributed by atoms with Gasteiger partial charge in [0.25, 0.3) is 0 Å². The summed E-state index contributed by atoms with van der Waals surface area (Å²) >= 11 is 12.5. The van der Waals surface area contributed by atoms with Crippen molar-refractivity contribution in [3.05, 3.63) is 31.9 Å². The molecule has 0 fully saturated rings. The maximum atomic E-state index is 11.3. The van der Waals surface area contributed by atoms with E-state index in [2.05, 4.69) is 34.5 Å². The standard InChI is InChI=1S/C11H8BrClO2S2.C3H8.C2H6/c1-15-10(14)5-6-4-8(12)17-11(6)7-2-3-9(13)16-7;1-3-2;1-2/h2-4H,5H2,1H3;3H2,1-2H3;1-2H3. The first-order valence-corrected chi connectivity index (χ1v) is 9.92. The lowest BCUT2D eigenvalue weighted by Crippen LogP contribution is -2.04. The van der Waals surface area contributed by atoms with Gasteiger partial charge in [-0.1, -0.05) is 45.7 Å². The van der Waals surface area contributed by atoms with Crippen LogP contribution in [0.5, 0.6) is 0 Å². The fraction of sp³-hybridized carbons (Fsp3) is 0.438. The van der Waals surface area contributed by atoms with Gasteiger partial charge in [-0.25, -0.2) is 0 Å². The van der Waals surface area contributed by atoms with Crippen LogP contribution < -0.4 is 0 Å². The Labute approximate surface area is 154 Å². The highest BCUT2D eigenvalue weighted by Crippen LogP contribution is 2.40. The lowest BCUT2D eigenvalue weighted by molar-refractivity contribution is -0.139. The van der Waals surface area contributed by atoms with E-state index in [1.807, 2.05) is 32.0 Å². The van der Waals surface area contributed by atoms with Crippen molar-refractivity contribution in [3.63, 3.8) is 0 Å². The molecular formula is C16H22BrClO2S2. The number of halogens is 2. The summed E-state index contributed by atoms with van der Waals surface area (Å²) in [4.78, 5) is 13.5. The molecule has 0 saturated heterocycles. The van der Waals surface area contributed by atoms with Gasteiger partial charge >= 0.3 is 5.97 Å². The summed E-state index contributed by atoms with van der Waals surface area (Å²) in [6.07, 6.45) is 1.53. The molecule has 0 bridgehead atoms. The average molecular weight is 426 g/mol. The number of thiophene rings is 2. The Balaban J connectivity index is 0.000000789. The van der Waals surface area contributed by atoms with Gasteiger partial charge in [-0.2, -0.15) is 0 Å². The Hall–Kier alpha value is -0.360. The van der Waals surface area contributed by atoms with E-state index in [-0.39, 0.29) is 12.4 Å². The highest BCUT2D eigenvalue weighted by atomic mass is 79.9. The zero-order valence-corrected chi connectivity index (χ0v) is 17.5. The van der Waals surface area contributed by atoms with Crippen molar-refractivity contribution in [3.8, 4) is 9.75 Å². The van der Waals surface area contributed by atoms with Gasteiger partial charge in [0.05, 0.1) is 21.7 Å². The van der Waals surface area contributed by atoms with Gasteiger partial charge in [-0.05, 0) is 39.7 Å². The number of rotatable bonds is 3. The fourth-order valence-corrected chi connectivity index (χ4v) is 4.26. The SMILES string of the molecule is CC.CCC.COC(=O)Cc1cc(Br)sc1-c1ccc(Cl)s1. The van der Waals surface area contributed by atoms with Gasteiger partial charge in [0.1, 0.15) is 0 Å². The van der Waals surface area contributed by atoms with Crippen LogP contribution >= 0.6 is 50.2 Å². The molecule has 0 amide bonds. The molecule has 0 aliphatic carbocycles. The van der Waals surface area contributed by atoms with Crippen molar-refractivity contribution in [1.82, 2.24) is 0 Å². The number of hydrogen-bond acceptors (Lipinski definition) is 4. The van der Waals surface area contributed by atoms with Gasteiger partial charge < -0.3 is 4.74 Å². The molecule has 2 rings (SSSR count). The lowest BCUT2D eigenvalue weighted by Gasteiger charge is -2.00. The highest BCUT2D eigenvalue weighted by Gasteiger charge is 2.15. The van der Waals surface area contributed by atoms with E-state index in [0.717, 1.165) is 23.4 Å². The molecule has 6 heteroatoms. The summed E-state index contributed by atoms with van der Waals surface area (Å²) in [5, 5.41) is 0. The summed E-state index contributed by atoms with van der Waals surface area (Å²) in [7, 11) is 1.39. The van der Waals surface area contributed by atoms with Crippen molar-refractivity contribution in [2.75, 3.05) is 7.11 Å². The normalized spacial score (nSPS) is 9.23. The second-order valence-electron chi connectivity index (χ2n) is 3.97. The van der Waals surface area contributed by atoms with E-state index in [9.17, 15) is 4.79 Å². The Kier molecular flexibility index (Phi) is 11.9. The first kappa shape index (κ1) is 21.6. The molecule has 0 N–H and O–H groups in total. The van der Waals surface area contributed by atoms with Crippen LogP contribution in [0.25, 0.3) is 9.75 Å². The van der Waals surface area contributed by atoms with Crippen LogP contribution in [0, 0.1) is 0 Å². The first-order chi connectivity index (χ1) is 10.5. The molecule has 0 spiro atoms. The second kappa shape index (κ2) is 12.1. The molecule has 2 aromatic heterocycles. The van der Waals surface area contributed by atoms with Crippen LogP contribution in [0.4, 0.5) is 0 Å². The third kappa shape index (κ3) is 7.27. The van der Waals surface area contributed by atoms with Gasteiger partial charge in [0, 0.05) is 9.75 Å². The molecule has 0 aliphatic rings. The molecule has 2 heterocycles. The average Bonchev–Trinajstić information content (AvgIpc) is 3.07. The monoisotopic (exact) mass is 424 g/mol. The maximum Gasteiger partial charge on any atom is 0.310 e. The minimum Gasteiger partial charge on any atom is -0.469 e. The van der Waals surface area contributed by atoms with E-state index >= 15 is 0 Å². The topological polar surface area (TPSA) is 26.3 Å². The molecule has 22 heavy (non-hydrogen) atoms. The molecule has 0 unspecified atom stereocenters. The van der Waals surface area contributed by atoms with Crippen molar-refractivity contribution >= 4 is 56.2 Å². The summed E-state index contributed by atoms with van der Waals surface area (Å²) < 4.78 is 6.43. The molecule has 2 aromatic rings. The molecule has 0 aromatic carbocycles. The van der Waals surface area contributed by atoms with Crippen LogP contribution in [-0.2, 0) is 16.0 Å². The number of hydrogen-bond donors (Lipinski definition) is 0. The van der Waals surface area contributed by atoms with E-state index < -0.39 is 0 Å². The zero-order valence-electron chi connectivity index (χ0n) is 13.5. The van der Waals surface area contributed by atoms with Gasteiger partial charge in [-0.15, -0.1) is 22.7 Å². The maximum absolute atomic E-state index is 11.3. The Morgan fingerprint density at radius 1 is 1.27 bits per heavy atom. The van der Waals surface area contributed by atoms with E-state index in [0.29, 0.717) is 0 Å². The predicted octanol–water partition coefficient (Wildman–Crippen LogP) is 7.05. The Bertz CT molecular complexity index is 564. The second-order valence-corrected chi connectivity index (χ2v) is 8.12. The molecule has 0 atom stereocenters. The van der Waals surface area contributed by atoms with Crippen molar-refractivity contribution in [1.29, 1.82) is 0 Å². The summed E-state index contributed by atoms with van der Waals surface area (Å²) in [6, 6.07) is 5.77. The largest absolute Gasteiger partial charge is 0.469 e. The number of ether oxygens (including phenoxy) is 1. The van der Waals surface area contributed by atoms with Crippen LogP contribution in [-0.4, -0.2) is 13.1 Å². The first-order valence-electron chi connectivity index (χ1n) is 7.12. The number of methoxy groups -OCH3 is 1. The van der Waals surface area contributed by atoms with Crippen LogP contribution in [0.2, 0.25) is 4.34 Å². The van der Waals surface area contributed by atoms with Crippen LogP contribution in [0.3, 0.4) is 0 Å². The molecule has 0 saturated carbocycles. The molecule has 124 valence electrons. The molecule has 0 aliphatic heterocycles. The van der Waals surface area contributed by atoms with E-state index in [4.69, 9.17) is 11.6 Å². The Morgan fingerprint density at radius 2 is 1.86 bits per heavy atom. The zero-order chi connectivity index (χ0) is 17.1. The Morgan fingerprint density at radius 3 is 2.32 bits per heavy atom. The quantitative estimate of drug-likeness (QED) is 0.492. The van der Waals surface area contributed by atoms with E-state index in [1.165, 1.54) is 24.9 Å². The minimum absolute atomic E-state index is 0.237. The van der Waals surface area contributed by atoms with Crippen molar-refractivity contribution in [2.24, 2.45) is 0 Å². The van der Waals surface area contributed by atoms with Crippen molar-refractivity contribution in [2.45, 2.75) is 40.5 Å². The van der Waals surface area contributed by atoms with Crippen molar-refractivity contribution < 1.29 is 9.53 Å². The summed E-state index contributed by atoms with van der Waals surface area (Å²) in [5.74, 6) is -0.237. The predicted molar refractivity (Wildman–Crippen MR) is 103 cm³/mol. The van der Waals surface area contributed by atoms with Gasteiger partial charge in [0.15, 0.2) is 0 Å². The molecule has 0 radical (unpaired) electrons. The van der Waals surface area contributed by atoms with Crippen LogP contribution in [0.1, 0.15) is 39.7 Å². The van der Waals surface area contributed by atoms with Gasteiger partial charge in [-0.3, -0.25) is 4.79 Å². The third-order valence-electron chi connectivity index (χ3n) is 2.14. The minimum atomic E-state index is -0.237. The third-order valence-corrected chi connectivity index (χ3v) is 5.23. The van der Waals surface area contributed by atoms with Crippen LogP contribution in [0.15, 0.2) is 22.0 Å². The number of carbonyl (C=O) groups is 1. The molecule has 2 nitrogen and oxygen atoms in total. The lowest BCUT2D eigenvalue weighted by atomic mass is 10.2. The number of carbonyl (C=O) groups excluding carboxylic acids is 1. The summed E-state index contributed by atoms with van der Waals surface area (Å²) in [6.45, 7) is 8.25. The highest BCUT2D eigenvalue weighted by molar-refractivity contribution is 9.11. The number of esters is 1. The van der Waals surface area contributed by atoms with E-state index in [1.54, 1.807) is 11.3 Å². The summed E-state index contributed by atoms with van der Waals surface area (Å²) in [5.41, 5.74) is 0.965.